The van der Waals surface area contributed by atoms with Crippen molar-refractivity contribution < 1.29 is 18.0 Å². The molecule has 2 rings (SSSR count). The van der Waals surface area contributed by atoms with Crippen molar-refractivity contribution in [3.63, 3.8) is 0 Å². The molecule has 0 heterocycles. The lowest BCUT2D eigenvalue weighted by Gasteiger charge is -2.32. The predicted octanol–water partition coefficient (Wildman–Crippen LogP) is 4.22. The molecular weight excluding hydrogens is 474 g/mol. The van der Waals surface area contributed by atoms with E-state index >= 15 is 0 Å². The molecule has 0 saturated heterocycles. The molecule has 1 N–H and O–H groups in total. The molecule has 1 atom stereocenters. The monoisotopic (exact) mass is 507 g/mol. The van der Waals surface area contributed by atoms with Crippen molar-refractivity contribution in [3.8, 4) is 0 Å². The summed E-state index contributed by atoms with van der Waals surface area (Å²) in [5.41, 5.74) is 0.828. The fourth-order valence-corrected chi connectivity index (χ4v) is 4.63. The largest absolute Gasteiger partial charge is 0.350 e. The Morgan fingerprint density at radius 3 is 2.18 bits per heavy atom. The highest BCUT2D eigenvalue weighted by Gasteiger charge is 2.29. The molecule has 0 aliphatic rings. The molecule has 186 valence electrons. The molecule has 0 saturated carbocycles. The van der Waals surface area contributed by atoms with Crippen LogP contribution >= 0.6 is 11.6 Å². The van der Waals surface area contributed by atoms with Crippen LogP contribution in [0.1, 0.15) is 46.1 Å². The van der Waals surface area contributed by atoms with Crippen LogP contribution in [-0.2, 0) is 26.2 Å². The Morgan fingerprint density at radius 2 is 1.62 bits per heavy atom. The zero-order valence-electron chi connectivity index (χ0n) is 20.4. The lowest BCUT2D eigenvalue weighted by atomic mass is 10.1. The standard InChI is InChI=1S/C25H34ClN3O4S/c1-19(24(31)27-25(2,3)4)28(18-20-12-9-10-15-22(20)26)23(30)16-11-17-29(34(5,32)33)21-13-7-6-8-14-21/h6-10,12-15,19H,11,16-18H2,1-5H3,(H,27,31)/t19-/m0/s1. The maximum Gasteiger partial charge on any atom is 0.242 e. The van der Waals surface area contributed by atoms with Crippen LogP contribution in [0.5, 0.6) is 0 Å². The smallest absolute Gasteiger partial charge is 0.242 e. The number of nitrogens with one attached hydrogen (secondary N) is 1. The van der Waals surface area contributed by atoms with E-state index in [1.807, 2.05) is 39.0 Å². The van der Waals surface area contributed by atoms with Gasteiger partial charge in [0.05, 0.1) is 11.9 Å². The molecule has 2 aromatic carbocycles. The molecule has 0 aromatic heterocycles. The maximum absolute atomic E-state index is 13.3. The summed E-state index contributed by atoms with van der Waals surface area (Å²) in [5, 5.41) is 3.43. The van der Waals surface area contributed by atoms with Crippen molar-refractivity contribution in [1.82, 2.24) is 10.2 Å². The highest BCUT2D eigenvalue weighted by atomic mass is 35.5. The number of carbonyl (C=O) groups excluding carboxylic acids is 2. The second-order valence-corrected chi connectivity index (χ2v) is 11.6. The number of halogens is 1. The van der Waals surface area contributed by atoms with Gasteiger partial charge in [-0.25, -0.2) is 8.42 Å². The number of para-hydroxylation sites is 1. The van der Waals surface area contributed by atoms with Crippen LogP contribution in [0.15, 0.2) is 54.6 Å². The minimum Gasteiger partial charge on any atom is -0.350 e. The van der Waals surface area contributed by atoms with Crippen molar-refractivity contribution in [2.75, 3.05) is 17.1 Å². The quantitative estimate of drug-likeness (QED) is 0.521. The third-order valence-electron chi connectivity index (χ3n) is 5.16. The Labute approximate surface area is 208 Å². The molecule has 34 heavy (non-hydrogen) atoms. The number of carbonyl (C=O) groups is 2. The first-order valence-corrected chi connectivity index (χ1v) is 13.4. The molecule has 0 fully saturated rings. The summed E-state index contributed by atoms with van der Waals surface area (Å²) in [4.78, 5) is 27.6. The van der Waals surface area contributed by atoms with Crippen molar-refractivity contribution in [3.05, 3.63) is 65.2 Å². The van der Waals surface area contributed by atoms with Crippen molar-refractivity contribution in [2.45, 2.75) is 58.7 Å². The third-order valence-corrected chi connectivity index (χ3v) is 6.72. The molecule has 0 spiro atoms. The summed E-state index contributed by atoms with van der Waals surface area (Å²) in [6.45, 7) is 7.63. The molecular formula is C25H34ClN3O4S. The number of benzene rings is 2. The van der Waals surface area contributed by atoms with Crippen LogP contribution in [0.2, 0.25) is 5.02 Å². The number of hydrogen-bond donors (Lipinski definition) is 1. The molecule has 0 aliphatic heterocycles. The summed E-state index contributed by atoms with van der Waals surface area (Å²) < 4.78 is 25.9. The van der Waals surface area contributed by atoms with Gasteiger partial charge in [-0.05, 0) is 57.9 Å². The van der Waals surface area contributed by atoms with E-state index in [0.717, 1.165) is 11.8 Å². The second kappa shape index (κ2) is 11.7. The average molecular weight is 508 g/mol. The third kappa shape index (κ3) is 8.33. The minimum atomic E-state index is -3.51. The van der Waals surface area contributed by atoms with Crippen LogP contribution in [0.25, 0.3) is 0 Å². The van der Waals surface area contributed by atoms with Gasteiger partial charge < -0.3 is 10.2 Å². The normalized spacial score (nSPS) is 12.6. The van der Waals surface area contributed by atoms with Crippen molar-refractivity contribution >= 4 is 39.1 Å². The van der Waals surface area contributed by atoms with E-state index in [1.165, 1.54) is 9.21 Å². The maximum atomic E-state index is 13.3. The SMILES string of the molecule is C[C@@H](C(=O)NC(C)(C)C)N(Cc1ccccc1Cl)C(=O)CCCN(c1ccccc1)S(C)(=O)=O. The lowest BCUT2D eigenvalue weighted by molar-refractivity contribution is -0.141. The molecule has 9 heteroatoms. The number of rotatable bonds is 10. The van der Waals surface area contributed by atoms with Crippen molar-refractivity contribution in [1.29, 1.82) is 0 Å². The summed E-state index contributed by atoms with van der Waals surface area (Å²) >= 11 is 6.32. The topological polar surface area (TPSA) is 86.8 Å². The Kier molecular flexibility index (Phi) is 9.53. The zero-order valence-corrected chi connectivity index (χ0v) is 22.0. The number of nitrogens with zero attached hydrogens (tertiary/aromatic N) is 2. The van der Waals surface area contributed by atoms with Crippen LogP contribution in [0.3, 0.4) is 0 Å². The summed E-state index contributed by atoms with van der Waals surface area (Å²) in [5.74, 6) is -0.520. The van der Waals surface area contributed by atoms with Gasteiger partial charge in [-0.15, -0.1) is 0 Å². The van der Waals surface area contributed by atoms with E-state index in [0.29, 0.717) is 17.1 Å². The van der Waals surface area contributed by atoms with Crippen LogP contribution in [-0.4, -0.2) is 49.5 Å². The first-order valence-electron chi connectivity index (χ1n) is 11.2. The van der Waals surface area contributed by atoms with E-state index in [4.69, 9.17) is 11.6 Å². The lowest BCUT2D eigenvalue weighted by Crippen LogP contribution is -2.52. The first kappa shape index (κ1) is 27.7. The highest BCUT2D eigenvalue weighted by Crippen LogP contribution is 2.21. The van der Waals surface area contributed by atoms with E-state index in [9.17, 15) is 18.0 Å². The van der Waals surface area contributed by atoms with E-state index in [2.05, 4.69) is 5.32 Å². The Bertz CT molecular complexity index is 1080. The fraction of sp³-hybridized carbons (Fsp3) is 0.440. The summed E-state index contributed by atoms with van der Waals surface area (Å²) in [6.07, 6.45) is 1.52. The van der Waals surface area contributed by atoms with Crippen LogP contribution in [0, 0.1) is 0 Å². The van der Waals surface area contributed by atoms with E-state index in [1.54, 1.807) is 43.3 Å². The van der Waals surface area contributed by atoms with Gasteiger partial charge in [0.1, 0.15) is 6.04 Å². The number of hydrogen-bond acceptors (Lipinski definition) is 4. The first-order chi connectivity index (χ1) is 15.8. The Balaban J connectivity index is 2.18. The van der Waals surface area contributed by atoms with Gasteiger partial charge in [-0.1, -0.05) is 48.0 Å². The van der Waals surface area contributed by atoms with Gasteiger partial charge in [0, 0.05) is 30.1 Å². The summed E-state index contributed by atoms with van der Waals surface area (Å²) in [6, 6.07) is 15.2. The van der Waals surface area contributed by atoms with E-state index < -0.39 is 21.6 Å². The van der Waals surface area contributed by atoms with Crippen LogP contribution in [0.4, 0.5) is 5.69 Å². The highest BCUT2D eigenvalue weighted by molar-refractivity contribution is 7.92. The molecule has 2 amide bonds. The van der Waals surface area contributed by atoms with Crippen molar-refractivity contribution in [2.24, 2.45) is 0 Å². The number of anilines is 1. The Morgan fingerprint density at radius 1 is 1.03 bits per heavy atom. The second-order valence-electron chi connectivity index (χ2n) is 9.30. The molecule has 0 unspecified atom stereocenters. The van der Waals surface area contributed by atoms with Gasteiger partial charge in [0.2, 0.25) is 21.8 Å². The molecule has 7 nitrogen and oxygen atoms in total. The molecule has 0 bridgehead atoms. The van der Waals surface area contributed by atoms with Gasteiger partial charge in [0.25, 0.3) is 0 Å². The fourth-order valence-electron chi connectivity index (χ4n) is 3.46. The van der Waals surface area contributed by atoms with E-state index in [-0.39, 0.29) is 31.3 Å². The molecule has 0 aliphatic carbocycles. The Hall–Kier alpha value is -2.58. The number of amides is 2. The zero-order chi connectivity index (χ0) is 25.5. The summed E-state index contributed by atoms with van der Waals surface area (Å²) in [7, 11) is -3.51. The van der Waals surface area contributed by atoms with Gasteiger partial charge >= 0.3 is 0 Å². The van der Waals surface area contributed by atoms with Gasteiger partial charge in [0.15, 0.2) is 0 Å². The van der Waals surface area contributed by atoms with Crippen LogP contribution < -0.4 is 9.62 Å². The molecule has 2 aromatic rings. The predicted molar refractivity (Wildman–Crippen MR) is 137 cm³/mol. The van der Waals surface area contributed by atoms with Gasteiger partial charge in [-0.3, -0.25) is 13.9 Å². The molecule has 0 radical (unpaired) electrons. The van der Waals surface area contributed by atoms with Gasteiger partial charge in [-0.2, -0.15) is 0 Å². The average Bonchev–Trinajstić information content (AvgIpc) is 2.74. The minimum absolute atomic E-state index is 0.0798. The number of sulfonamides is 1.